The zero-order valence-electron chi connectivity index (χ0n) is 10.0. The third kappa shape index (κ3) is 3.43. The molecule has 1 nitrogen and oxygen atoms in total. The van der Waals surface area contributed by atoms with Gasteiger partial charge in [0.15, 0.2) is 0 Å². The number of hydrogen-bond donors (Lipinski definition) is 0. The first-order valence-corrected chi connectivity index (χ1v) is 5.83. The van der Waals surface area contributed by atoms with E-state index >= 15 is 0 Å². The van der Waals surface area contributed by atoms with Crippen LogP contribution in [0.1, 0.15) is 32.8 Å². The van der Waals surface area contributed by atoms with Crippen LogP contribution in [0.25, 0.3) is 6.08 Å². The van der Waals surface area contributed by atoms with Gasteiger partial charge in [0.1, 0.15) is 0 Å². The summed E-state index contributed by atoms with van der Waals surface area (Å²) < 4.78 is 0. The number of nitrogens with zero attached hydrogens (tertiary/aromatic N) is 1. The average Bonchev–Trinajstić information content (AvgIpc) is 2.29. The lowest BCUT2D eigenvalue weighted by Crippen LogP contribution is -2.21. The van der Waals surface area contributed by atoms with Crippen LogP contribution >= 0.6 is 0 Å². The van der Waals surface area contributed by atoms with Crippen molar-refractivity contribution in [2.45, 2.75) is 27.2 Å². The Morgan fingerprint density at radius 2 is 1.60 bits per heavy atom. The lowest BCUT2D eigenvalue weighted by Gasteiger charge is -2.20. The van der Waals surface area contributed by atoms with Gasteiger partial charge in [-0.1, -0.05) is 31.2 Å². The summed E-state index contributed by atoms with van der Waals surface area (Å²) in [6.07, 6.45) is 5.45. The molecule has 0 fully saturated rings. The van der Waals surface area contributed by atoms with E-state index in [1.807, 2.05) is 0 Å². The van der Waals surface area contributed by atoms with E-state index in [1.165, 1.54) is 11.3 Å². The van der Waals surface area contributed by atoms with Crippen LogP contribution in [-0.4, -0.2) is 13.1 Å². The van der Waals surface area contributed by atoms with Crippen molar-refractivity contribution >= 4 is 11.8 Å². The molecular weight excluding hydrogens is 182 g/mol. The van der Waals surface area contributed by atoms with Crippen LogP contribution in [0.15, 0.2) is 30.3 Å². The molecule has 1 aromatic rings. The van der Waals surface area contributed by atoms with Crippen molar-refractivity contribution in [1.29, 1.82) is 0 Å². The van der Waals surface area contributed by atoms with Crippen LogP contribution in [0.4, 0.5) is 5.69 Å². The first kappa shape index (κ1) is 11.8. The quantitative estimate of drug-likeness (QED) is 0.700. The van der Waals surface area contributed by atoms with E-state index in [-0.39, 0.29) is 0 Å². The van der Waals surface area contributed by atoms with E-state index in [4.69, 9.17) is 0 Å². The number of hydrogen-bond acceptors (Lipinski definition) is 1. The molecule has 1 heteroatoms. The lowest BCUT2D eigenvalue weighted by atomic mass is 10.1. The summed E-state index contributed by atoms with van der Waals surface area (Å²) in [4.78, 5) is 2.35. The van der Waals surface area contributed by atoms with Crippen LogP contribution in [0, 0.1) is 0 Å². The second-order valence-electron chi connectivity index (χ2n) is 3.57. The van der Waals surface area contributed by atoms with Crippen molar-refractivity contribution < 1.29 is 0 Å². The zero-order valence-corrected chi connectivity index (χ0v) is 10.0. The molecule has 0 N–H and O–H groups in total. The topological polar surface area (TPSA) is 3.24 Å². The van der Waals surface area contributed by atoms with E-state index in [0.29, 0.717) is 0 Å². The summed E-state index contributed by atoms with van der Waals surface area (Å²) in [6, 6.07) is 8.75. The summed E-state index contributed by atoms with van der Waals surface area (Å²) in [6.45, 7) is 8.67. The van der Waals surface area contributed by atoms with E-state index in [0.717, 1.165) is 19.5 Å². The fraction of sp³-hybridized carbons (Fsp3) is 0.429. The Balaban J connectivity index is 2.75. The van der Waals surface area contributed by atoms with Crippen LogP contribution in [0.2, 0.25) is 0 Å². The summed E-state index contributed by atoms with van der Waals surface area (Å²) in [7, 11) is 0. The molecule has 82 valence electrons. The van der Waals surface area contributed by atoms with Gasteiger partial charge in [-0.3, -0.25) is 0 Å². The van der Waals surface area contributed by atoms with Crippen molar-refractivity contribution in [3.05, 3.63) is 35.9 Å². The molecule has 0 aliphatic heterocycles. The van der Waals surface area contributed by atoms with E-state index in [9.17, 15) is 0 Å². The standard InChI is InChI=1S/C14H21N/c1-4-7-8-13-9-11-14(12-10-13)15(5-2)6-3/h7-12H,4-6H2,1-3H3/b8-7+. The smallest absolute Gasteiger partial charge is 0.0366 e. The first-order chi connectivity index (χ1) is 7.31. The van der Waals surface area contributed by atoms with E-state index in [1.54, 1.807) is 0 Å². The highest BCUT2D eigenvalue weighted by Gasteiger charge is 1.99. The van der Waals surface area contributed by atoms with Crippen LogP contribution in [-0.2, 0) is 0 Å². The zero-order chi connectivity index (χ0) is 11.1. The highest BCUT2D eigenvalue weighted by molar-refractivity contribution is 5.55. The monoisotopic (exact) mass is 203 g/mol. The molecule has 1 rings (SSSR count). The molecule has 0 aromatic heterocycles. The third-order valence-corrected chi connectivity index (χ3v) is 2.57. The van der Waals surface area contributed by atoms with Gasteiger partial charge >= 0.3 is 0 Å². The average molecular weight is 203 g/mol. The fourth-order valence-electron chi connectivity index (χ4n) is 1.64. The molecule has 0 bridgehead atoms. The summed E-state index contributed by atoms with van der Waals surface area (Å²) in [5.74, 6) is 0. The van der Waals surface area contributed by atoms with Gasteiger partial charge in [-0.2, -0.15) is 0 Å². The van der Waals surface area contributed by atoms with Crippen LogP contribution in [0.5, 0.6) is 0 Å². The molecule has 0 radical (unpaired) electrons. The molecule has 0 aliphatic carbocycles. The second-order valence-corrected chi connectivity index (χ2v) is 3.57. The highest BCUT2D eigenvalue weighted by Crippen LogP contribution is 2.15. The Kier molecular flexibility index (Phi) is 4.96. The number of benzene rings is 1. The SMILES string of the molecule is CC/C=C/c1ccc(N(CC)CC)cc1. The molecule has 0 aliphatic rings. The number of allylic oxidation sites excluding steroid dienone is 1. The largest absolute Gasteiger partial charge is 0.372 e. The molecular formula is C14H21N. The Morgan fingerprint density at radius 1 is 1.00 bits per heavy atom. The summed E-state index contributed by atoms with van der Waals surface area (Å²) in [5.41, 5.74) is 2.60. The van der Waals surface area contributed by atoms with Gasteiger partial charge < -0.3 is 4.90 Å². The predicted molar refractivity (Wildman–Crippen MR) is 69.3 cm³/mol. The van der Waals surface area contributed by atoms with Crippen LogP contribution in [0.3, 0.4) is 0 Å². The van der Waals surface area contributed by atoms with E-state index < -0.39 is 0 Å². The van der Waals surface area contributed by atoms with Gasteiger partial charge in [0, 0.05) is 18.8 Å². The molecule has 15 heavy (non-hydrogen) atoms. The van der Waals surface area contributed by atoms with Crippen molar-refractivity contribution in [2.75, 3.05) is 18.0 Å². The Bertz CT molecular complexity index is 294. The van der Waals surface area contributed by atoms with Gasteiger partial charge in [0.2, 0.25) is 0 Å². The molecule has 0 amide bonds. The van der Waals surface area contributed by atoms with E-state index in [2.05, 4.69) is 62.1 Å². The number of anilines is 1. The fourth-order valence-corrected chi connectivity index (χ4v) is 1.64. The second kappa shape index (κ2) is 6.28. The highest BCUT2D eigenvalue weighted by atomic mass is 15.1. The minimum absolute atomic E-state index is 1.07. The first-order valence-electron chi connectivity index (χ1n) is 5.83. The Hall–Kier alpha value is -1.24. The van der Waals surface area contributed by atoms with Gasteiger partial charge in [-0.05, 0) is 38.0 Å². The minimum atomic E-state index is 1.07. The molecule has 1 aromatic carbocycles. The van der Waals surface area contributed by atoms with Gasteiger partial charge in [0.25, 0.3) is 0 Å². The summed E-state index contributed by atoms with van der Waals surface area (Å²) in [5, 5.41) is 0. The molecule has 0 unspecified atom stereocenters. The Labute approximate surface area is 93.4 Å². The van der Waals surface area contributed by atoms with Gasteiger partial charge in [0.05, 0.1) is 0 Å². The van der Waals surface area contributed by atoms with Gasteiger partial charge in [-0.15, -0.1) is 0 Å². The van der Waals surface area contributed by atoms with Crippen molar-refractivity contribution in [2.24, 2.45) is 0 Å². The number of rotatable bonds is 5. The van der Waals surface area contributed by atoms with Gasteiger partial charge in [-0.25, -0.2) is 0 Å². The van der Waals surface area contributed by atoms with Crippen molar-refractivity contribution in [1.82, 2.24) is 0 Å². The van der Waals surface area contributed by atoms with Crippen molar-refractivity contribution in [3.63, 3.8) is 0 Å². The molecule has 0 heterocycles. The normalized spacial score (nSPS) is 10.9. The predicted octanol–water partition coefficient (Wildman–Crippen LogP) is 3.96. The molecule has 0 spiro atoms. The molecule has 0 saturated heterocycles. The lowest BCUT2D eigenvalue weighted by molar-refractivity contribution is 0.866. The van der Waals surface area contributed by atoms with Crippen LogP contribution < -0.4 is 4.90 Å². The maximum absolute atomic E-state index is 2.35. The maximum atomic E-state index is 2.35. The minimum Gasteiger partial charge on any atom is -0.372 e. The summed E-state index contributed by atoms with van der Waals surface area (Å²) >= 11 is 0. The third-order valence-electron chi connectivity index (χ3n) is 2.57. The maximum Gasteiger partial charge on any atom is 0.0366 e. The molecule has 0 saturated carbocycles. The van der Waals surface area contributed by atoms with Crippen molar-refractivity contribution in [3.8, 4) is 0 Å². The Morgan fingerprint density at radius 3 is 2.07 bits per heavy atom. The molecule has 0 atom stereocenters.